The topological polar surface area (TPSA) is 56.7 Å². The van der Waals surface area contributed by atoms with Crippen LogP contribution in [0.5, 0.6) is 0 Å². The first-order valence-electron chi connectivity index (χ1n) is 10.7. The normalized spacial score (nSPS) is 26.6. The number of hydrogen-bond donors (Lipinski definition) is 1. The highest BCUT2D eigenvalue weighted by Gasteiger charge is 2.51. The zero-order valence-corrected chi connectivity index (χ0v) is 17.2. The van der Waals surface area contributed by atoms with Crippen LogP contribution in [-0.2, 0) is 6.42 Å². The second-order valence-electron chi connectivity index (χ2n) is 8.72. The first kappa shape index (κ1) is 17.7. The van der Waals surface area contributed by atoms with Crippen molar-refractivity contribution in [2.75, 3.05) is 13.1 Å². The van der Waals surface area contributed by atoms with Gasteiger partial charge in [0.05, 0.1) is 11.4 Å². The zero-order valence-electron chi connectivity index (χ0n) is 17.2. The third-order valence-corrected chi connectivity index (χ3v) is 6.30. The highest BCUT2D eigenvalue weighted by atomic mass is 15.5. The van der Waals surface area contributed by atoms with E-state index in [0.717, 1.165) is 43.1 Å². The highest BCUT2D eigenvalue weighted by molar-refractivity contribution is 5.98. The number of nitrogens with zero attached hydrogens (tertiary/aromatic N) is 5. The van der Waals surface area contributed by atoms with Gasteiger partial charge in [0.1, 0.15) is 11.6 Å². The minimum atomic E-state index is -0.230. The molecule has 0 aromatic carbocycles. The van der Waals surface area contributed by atoms with E-state index in [1.165, 1.54) is 42.9 Å². The summed E-state index contributed by atoms with van der Waals surface area (Å²) in [5.41, 5.74) is 4.47. The Morgan fingerprint density at radius 3 is 2.50 bits per heavy atom. The van der Waals surface area contributed by atoms with Crippen molar-refractivity contribution in [2.24, 2.45) is 10.9 Å². The molecule has 3 aliphatic heterocycles. The highest BCUT2D eigenvalue weighted by Crippen LogP contribution is 2.43. The predicted molar refractivity (Wildman–Crippen MR) is 110 cm³/mol. The van der Waals surface area contributed by atoms with E-state index in [4.69, 9.17) is 4.99 Å². The van der Waals surface area contributed by atoms with Crippen LogP contribution in [0.3, 0.4) is 0 Å². The summed E-state index contributed by atoms with van der Waals surface area (Å²) in [6.45, 7) is 8.66. The number of hydrogen-bond acceptors (Lipinski definition) is 6. The number of rotatable bonds is 5. The molecule has 28 heavy (non-hydrogen) atoms. The number of aliphatic imine (C=N–C) groups is 1. The Morgan fingerprint density at radius 2 is 1.82 bits per heavy atom. The third kappa shape index (κ3) is 2.99. The fourth-order valence-corrected chi connectivity index (χ4v) is 4.93. The summed E-state index contributed by atoms with van der Waals surface area (Å²) in [7, 11) is 0. The average Bonchev–Trinajstić information content (AvgIpc) is 3.24. The Hall–Kier alpha value is -2.37. The van der Waals surface area contributed by atoms with Gasteiger partial charge in [0.25, 0.3) is 0 Å². The maximum Gasteiger partial charge on any atom is 0.152 e. The first-order chi connectivity index (χ1) is 13.5. The molecule has 1 atom stereocenters. The van der Waals surface area contributed by atoms with Crippen LogP contribution in [0.15, 0.2) is 35.0 Å². The number of allylic oxidation sites excluding steroid dienone is 1. The van der Waals surface area contributed by atoms with E-state index in [0.29, 0.717) is 5.92 Å². The van der Waals surface area contributed by atoms with Gasteiger partial charge in [-0.2, -0.15) is 0 Å². The smallest absolute Gasteiger partial charge is 0.152 e. The maximum absolute atomic E-state index is 4.80. The van der Waals surface area contributed by atoms with Gasteiger partial charge in [-0.3, -0.25) is 4.99 Å². The monoisotopic (exact) mass is 378 g/mol. The molecule has 0 bridgehead atoms. The molecule has 0 spiro atoms. The molecule has 1 aromatic heterocycles. The van der Waals surface area contributed by atoms with Crippen LogP contribution in [0.25, 0.3) is 0 Å². The van der Waals surface area contributed by atoms with E-state index >= 15 is 0 Å². The number of aryl methyl sites for hydroxylation is 3. The molecule has 4 aliphatic rings. The van der Waals surface area contributed by atoms with Crippen LogP contribution in [0.2, 0.25) is 0 Å². The van der Waals surface area contributed by atoms with Crippen molar-refractivity contribution in [3.8, 4) is 0 Å². The van der Waals surface area contributed by atoms with Gasteiger partial charge < -0.3 is 15.1 Å². The summed E-state index contributed by atoms with van der Waals surface area (Å²) in [6.07, 6.45) is 11.0. The largest absolute Gasteiger partial charge is 0.358 e. The van der Waals surface area contributed by atoms with E-state index in [1.54, 1.807) is 0 Å². The Balaban J connectivity index is 1.45. The number of fused-ring (bicyclic) bond motifs is 1. The molecule has 1 saturated heterocycles. The molecule has 1 N–H and O–H groups in total. The summed E-state index contributed by atoms with van der Waals surface area (Å²) >= 11 is 0. The summed E-state index contributed by atoms with van der Waals surface area (Å²) < 4.78 is 0. The molecule has 2 fully saturated rings. The van der Waals surface area contributed by atoms with E-state index in [-0.39, 0.29) is 5.66 Å². The Labute approximate surface area is 167 Å². The fourth-order valence-electron chi connectivity index (χ4n) is 4.93. The van der Waals surface area contributed by atoms with Gasteiger partial charge in [0.2, 0.25) is 0 Å². The van der Waals surface area contributed by atoms with Gasteiger partial charge in [0, 0.05) is 49.2 Å². The summed E-state index contributed by atoms with van der Waals surface area (Å²) in [5, 5.41) is 3.89. The number of nitrogens with one attached hydrogen (secondary N) is 1. The SMILES string of the molecule is Cc1cc(C)nc(CCC2=C(N3CCCC3)N3C=CN=C(C4CC4)C3(C)N2)n1. The summed E-state index contributed by atoms with van der Waals surface area (Å²) in [4.78, 5) is 19.1. The summed E-state index contributed by atoms with van der Waals surface area (Å²) in [5.74, 6) is 2.91. The van der Waals surface area contributed by atoms with Gasteiger partial charge in [-0.25, -0.2) is 9.97 Å². The molecule has 0 radical (unpaired) electrons. The Bertz CT molecular complexity index is 855. The molecular formula is C22H30N6. The van der Waals surface area contributed by atoms with E-state index < -0.39 is 0 Å². The van der Waals surface area contributed by atoms with E-state index in [2.05, 4.69) is 38.2 Å². The van der Waals surface area contributed by atoms with Crippen LogP contribution in [0.4, 0.5) is 0 Å². The molecule has 6 nitrogen and oxygen atoms in total. The fraction of sp³-hybridized carbons (Fsp3) is 0.591. The zero-order chi connectivity index (χ0) is 19.3. The number of aromatic nitrogens is 2. The third-order valence-electron chi connectivity index (χ3n) is 6.30. The van der Waals surface area contributed by atoms with Gasteiger partial charge >= 0.3 is 0 Å². The van der Waals surface area contributed by atoms with Gasteiger partial charge in [-0.05, 0) is 58.9 Å². The van der Waals surface area contributed by atoms with Gasteiger partial charge in [-0.1, -0.05) is 0 Å². The maximum atomic E-state index is 4.80. The second-order valence-corrected chi connectivity index (χ2v) is 8.72. The molecule has 4 heterocycles. The van der Waals surface area contributed by atoms with Crippen LogP contribution >= 0.6 is 0 Å². The van der Waals surface area contributed by atoms with Crippen molar-refractivity contribution < 1.29 is 0 Å². The number of likely N-dealkylation sites (tertiary alicyclic amines) is 1. The van der Waals surface area contributed by atoms with Crippen LogP contribution < -0.4 is 5.32 Å². The molecule has 1 aliphatic carbocycles. The lowest BCUT2D eigenvalue weighted by Gasteiger charge is -2.40. The van der Waals surface area contributed by atoms with Crippen LogP contribution in [-0.4, -0.2) is 44.2 Å². The summed E-state index contributed by atoms with van der Waals surface area (Å²) in [6, 6.07) is 2.04. The standard InChI is InChI=1S/C22H30N6/c1-15-14-16(2)25-19(24-15)9-8-18-21(27-11-4-5-12-27)28-13-10-23-20(17-6-7-17)22(28,3)26-18/h10,13-14,17,26H,4-9,11-12H2,1-3H3. The van der Waals surface area contributed by atoms with E-state index in [1.807, 2.05) is 26.1 Å². The molecule has 1 saturated carbocycles. The lowest BCUT2D eigenvalue weighted by atomic mass is 9.99. The molecule has 148 valence electrons. The molecule has 0 amide bonds. The van der Waals surface area contributed by atoms with Gasteiger partial charge in [-0.15, -0.1) is 0 Å². The predicted octanol–water partition coefficient (Wildman–Crippen LogP) is 3.25. The lowest BCUT2D eigenvalue weighted by molar-refractivity contribution is 0.220. The van der Waals surface area contributed by atoms with E-state index in [9.17, 15) is 0 Å². The minimum Gasteiger partial charge on any atom is -0.358 e. The van der Waals surface area contributed by atoms with Crippen molar-refractivity contribution >= 4 is 5.71 Å². The Kier molecular flexibility index (Phi) is 4.18. The van der Waals surface area contributed by atoms with Crippen LogP contribution in [0.1, 0.15) is 56.2 Å². The molecule has 1 aromatic rings. The van der Waals surface area contributed by atoms with Crippen molar-refractivity contribution in [2.45, 2.75) is 65.0 Å². The quantitative estimate of drug-likeness (QED) is 0.852. The van der Waals surface area contributed by atoms with Crippen molar-refractivity contribution in [3.05, 3.63) is 47.2 Å². The Morgan fingerprint density at radius 1 is 1.11 bits per heavy atom. The average molecular weight is 379 g/mol. The van der Waals surface area contributed by atoms with Crippen molar-refractivity contribution in [1.29, 1.82) is 0 Å². The van der Waals surface area contributed by atoms with Crippen LogP contribution in [0, 0.1) is 19.8 Å². The van der Waals surface area contributed by atoms with Crippen molar-refractivity contribution in [1.82, 2.24) is 25.1 Å². The molecule has 5 rings (SSSR count). The molecular weight excluding hydrogens is 348 g/mol. The van der Waals surface area contributed by atoms with Gasteiger partial charge in [0.15, 0.2) is 5.66 Å². The molecule has 6 heteroatoms. The molecule has 1 unspecified atom stereocenters. The second kappa shape index (κ2) is 6.61. The minimum absolute atomic E-state index is 0.230. The first-order valence-corrected chi connectivity index (χ1v) is 10.7. The lowest BCUT2D eigenvalue weighted by Crippen LogP contribution is -2.57. The van der Waals surface area contributed by atoms with Crippen molar-refractivity contribution in [3.63, 3.8) is 0 Å².